The van der Waals surface area contributed by atoms with Crippen LogP contribution in [0, 0.1) is 30.0 Å². The van der Waals surface area contributed by atoms with E-state index in [1.807, 2.05) is 41.6 Å². The van der Waals surface area contributed by atoms with E-state index in [4.69, 9.17) is 11.0 Å². The maximum Gasteiger partial charge on any atom is 0.210 e. The van der Waals surface area contributed by atoms with Gasteiger partial charge in [0.1, 0.15) is 11.9 Å². The zero-order valence-electron chi connectivity index (χ0n) is 23.3. The van der Waals surface area contributed by atoms with Crippen LogP contribution in [0.4, 0.5) is 21.2 Å². The van der Waals surface area contributed by atoms with Crippen LogP contribution in [0.1, 0.15) is 50.9 Å². The number of aryl methyl sites for hydroxylation is 1. The van der Waals surface area contributed by atoms with Gasteiger partial charge in [-0.25, -0.2) is 19.3 Å². The van der Waals surface area contributed by atoms with Crippen LogP contribution in [0.25, 0.3) is 4.91 Å². The smallest absolute Gasteiger partial charge is 0.210 e. The number of hydrogen-bond donors (Lipinski definition) is 3. The number of nitrogens with one attached hydrogen (secondary N) is 1. The summed E-state index contributed by atoms with van der Waals surface area (Å²) < 4.78 is 13.8. The molecule has 3 aromatic heterocycles. The van der Waals surface area contributed by atoms with Gasteiger partial charge in [-0.3, -0.25) is 4.79 Å². The van der Waals surface area contributed by atoms with Crippen LogP contribution in [-0.4, -0.2) is 51.4 Å². The minimum absolute atomic E-state index is 0.165. The lowest BCUT2D eigenvalue weighted by Gasteiger charge is -2.54. The summed E-state index contributed by atoms with van der Waals surface area (Å²) in [6.45, 7) is 11.5. The minimum atomic E-state index is -0.479. The van der Waals surface area contributed by atoms with Crippen molar-refractivity contribution in [2.45, 2.75) is 53.1 Å². The maximum absolute atomic E-state index is 13.8. The van der Waals surface area contributed by atoms with Gasteiger partial charge in [-0.15, -0.1) is 24.0 Å². The number of anilines is 3. The summed E-state index contributed by atoms with van der Waals surface area (Å²) in [7, 11) is 0. The molecule has 12 heteroatoms. The summed E-state index contributed by atoms with van der Waals surface area (Å²) in [5.74, 6) is 1.40. The minimum Gasteiger partial charge on any atom is -0.401 e. The molecule has 0 aromatic carbocycles. The molecule has 9 nitrogen and oxygen atoms in total. The summed E-state index contributed by atoms with van der Waals surface area (Å²) in [6.07, 6.45) is 5.02. The molecule has 3 aliphatic heterocycles. The quantitative estimate of drug-likeness (QED) is 0.272. The van der Waals surface area contributed by atoms with Gasteiger partial charge in [-0.2, -0.15) is 5.26 Å². The largest absolute Gasteiger partial charge is 0.401 e. The Morgan fingerprint density at radius 3 is 2.48 bits per heavy atom. The first-order valence-corrected chi connectivity index (χ1v) is 14.2. The summed E-state index contributed by atoms with van der Waals surface area (Å²) in [5, 5.41) is 14.5. The molecule has 0 aliphatic carbocycles. The van der Waals surface area contributed by atoms with Crippen LogP contribution < -0.4 is 16.0 Å². The van der Waals surface area contributed by atoms with E-state index in [2.05, 4.69) is 53.7 Å². The van der Waals surface area contributed by atoms with Crippen molar-refractivity contribution in [3.05, 3.63) is 64.3 Å². The number of rotatable bonds is 5. The number of carbonyl (C=O) groups is 1. The molecule has 0 spiro atoms. The molecule has 3 fully saturated rings. The second kappa shape index (κ2) is 14.1. The Morgan fingerprint density at radius 1 is 1.27 bits per heavy atom. The number of allylic oxidation sites excluding steroid dienone is 1. The third-order valence-corrected chi connectivity index (χ3v) is 7.23. The van der Waals surface area contributed by atoms with Crippen LogP contribution in [0.15, 0.2) is 41.7 Å². The number of halogens is 1. The van der Waals surface area contributed by atoms with Gasteiger partial charge in [-0.1, -0.05) is 26.8 Å². The first-order valence-electron chi connectivity index (χ1n) is 12.9. The predicted octanol–water partition coefficient (Wildman–Crippen LogP) is 5.34. The van der Waals surface area contributed by atoms with Crippen molar-refractivity contribution in [1.29, 1.82) is 5.26 Å². The van der Waals surface area contributed by atoms with Crippen LogP contribution in [0.5, 0.6) is 0 Å². The number of nitriles is 1. The number of aromatic nitrogens is 3. The van der Waals surface area contributed by atoms with Gasteiger partial charge in [-0.05, 0) is 43.9 Å². The molecule has 3 N–H and O–H groups in total. The van der Waals surface area contributed by atoms with Gasteiger partial charge >= 0.3 is 0 Å². The average molecular weight is 583 g/mol. The number of thiol groups is 1. The van der Waals surface area contributed by atoms with E-state index >= 15 is 0 Å². The van der Waals surface area contributed by atoms with Crippen molar-refractivity contribution < 1.29 is 9.18 Å². The lowest BCUT2D eigenvalue weighted by atomic mass is 9.88. The van der Waals surface area contributed by atoms with Crippen LogP contribution >= 0.6 is 24.0 Å². The van der Waals surface area contributed by atoms with Gasteiger partial charge in [0, 0.05) is 41.5 Å². The van der Waals surface area contributed by atoms with E-state index in [0.29, 0.717) is 23.7 Å². The van der Waals surface area contributed by atoms with Crippen LogP contribution in [0.3, 0.4) is 0 Å². The van der Waals surface area contributed by atoms with Crippen molar-refractivity contribution in [3.63, 3.8) is 0 Å². The topological polar surface area (TPSA) is 124 Å². The molecule has 6 heterocycles. The normalized spacial score (nSPS) is 17.8. The molecule has 1 amide bonds. The lowest BCUT2D eigenvalue weighted by molar-refractivity contribution is -0.131. The van der Waals surface area contributed by atoms with Gasteiger partial charge in [0.25, 0.3) is 0 Å². The number of pyridine rings is 2. The van der Waals surface area contributed by atoms with Crippen LogP contribution in [-0.2, 0) is 4.79 Å². The van der Waals surface area contributed by atoms with E-state index in [1.54, 1.807) is 11.8 Å². The fourth-order valence-corrected chi connectivity index (χ4v) is 4.91. The number of thiazole rings is 1. The van der Waals surface area contributed by atoms with Gasteiger partial charge in [0.05, 0.1) is 23.3 Å². The lowest BCUT2D eigenvalue weighted by Crippen LogP contribution is -2.68. The average Bonchev–Trinajstić information content (AvgIpc) is 3.38. The van der Waals surface area contributed by atoms with E-state index in [1.165, 1.54) is 23.6 Å². The fraction of sp³-hybridized carbons (Fsp3) is 0.393. The number of piperidine rings is 1. The standard InChI is InChI=1S/C12H11FN4O.C12H14N4S2.C4H10/c13-11-1-8(3-14)4-15-12(11)16-5-9-2-10(6-16)17(9)7-18;1-7-3-4-10(14-5-7)16-12-15-9(6-18-12)11(17)8(2)13;1-4(2)3/h1,4,7,9-10H,2,5-6H2;3-6,17H,13H2,1-2H3,(H,14,15,16);4H,1-3H3/b;11-8-;/t9-,10+;;. The second-order valence-corrected chi connectivity index (χ2v) is 11.6. The van der Waals surface area contributed by atoms with Crippen molar-refractivity contribution in [2.24, 2.45) is 11.7 Å². The monoisotopic (exact) mass is 582 g/mol. The van der Waals surface area contributed by atoms with E-state index < -0.39 is 5.82 Å². The molecule has 40 heavy (non-hydrogen) atoms. The summed E-state index contributed by atoms with van der Waals surface area (Å²) in [6, 6.07) is 7.30. The number of carbonyl (C=O) groups excluding carboxylic acids is 1. The molecule has 3 aliphatic rings. The summed E-state index contributed by atoms with van der Waals surface area (Å²) >= 11 is 5.82. The Labute approximate surface area is 244 Å². The Kier molecular flexibility index (Phi) is 10.9. The highest BCUT2D eigenvalue weighted by molar-refractivity contribution is 7.90. The Morgan fingerprint density at radius 2 is 1.95 bits per heavy atom. The third kappa shape index (κ3) is 8.16. The molecule has 212 valence electrons. The number of nitrogens with two attached hydrogens (primary N) is 1. The van der Waals surface area contributed by atoms with Gasteiger partial charge in [0.2, 0.25) is 6.41 Å². The SMILES string of the molecule is C/C(N)=C(/S)c1csc(Nc2ccc(C)cn2)n1.CC(C)C.N#Cc1cnc(N2C[C@H]3C[C@@H](C2)N3C=O)c(F)c1. The predicted molar refractivity (Wildman–Crippen MR) is 162 cm³/mol. The number of hydrogen-bond acceptors (Lipinski definition) is 10. The molecule has 0 radical (unpaired) electrons. The Balaban J connectivity index is 0.000000195. The highest BCUT2D eigenvalue weighted by atomic mass is 32.1. The van der Waals surface area contributed by atoms with Gasteiger partial charge < -0.3 is 20.9 Å². The number of piperazine rings is 1. The highest BCUT2D eigenvalue weighted by Gasteiger charge is 2.44. The Bertz CT molecular complexity index is 1350. The number of amides is 1. The summed E-state index contributed by atoms with van der Waals surface area (Å²) in [4.78, 5) is 27.8. The molecule has 3 saturated heterocycles. The van der Waals surface area contributed by atoms with Crippen LogP contribution in [0.2, 0.25) is 0 Å². The molecule has 3 aromatic rings. The first-order chi connectivity index (χ1) is 19.0. The van der Waals surface area contributed by atoms with Gasteiger partial charge in [0.15, 0.2) is 16.8 Å². The molecule has 2 atom stereocenters. The number of fused-ring (bicyclic) bond motifs is 2. The van der Waals surface area contributed by atoms with E-state index in [9.17, 15) is 9.18 Å². The van der Waals surface area contributed by atoms with Crippen molar-refractivity contribution in [1.82, 2.24) is 19.9 Å². The molecule has 0 saturated carbocycles. The number of nitrogens with zero attached hydrogens (tertiary/aromatic N) is 6. The van der Waals surface area contributed by atoms with Crippen molar-refractivity contribution in [2.75, 3.05) is 23.3 Å². The fourth-order valence-electron chi connectivity index (χ4n) is 4.00. The van der Waals surface area contributed by atoms with E-state index in [0.717, 1.165) is 41.0 Å². The van der Waals surface area contributed by atoms with E-state index in [-0.39, 0.29) is 23.5 Å². The first kappa shape index (κ1) is 30.8. The van der Waals surface area contributed by atoms with Crippen molar-refractivity contribution >= 4 is 52.0 Å². The molecule has 2 bridgehead atoms. The molecule has 6 rings (SSSR count). The zero-order chi connectivity index (χ0) is 29.4. The third-order valence-electron chi connectivity index (χ3n) is 5.89. The highest BCUT2D eigenvalue weighted by Crippen LogP contribution is 2.33. The molecule has 0 unspecified atom stereocenters. The maximum atomic E-state index is 13.8. The second-order valence-electron chi connectivity index (χ2n) is 10.3. The molecular formula is C28H35FN8OS2. The molecular weight excluding hydrogens is 547 g/mol. The van der Waals surface area contributed by atoms with Crippen molar-refractivity contribution in [3.8, 4) is 6.07 Å². The summed E-state index contributed by atoms with van der Waals surface area (Å²) in [5.41, 5.74) is 8.45. The zero-order valence-corrected chi connectivity index (χ0v) is 25.0. The Hall–Kier alpha value is -3.69.